The molecule has 0 saturated heterocycles. The number of anilines is 1. The van der Waals surface area contributed by atoms with E-state index in [1.54, 1.807) is 12.1 Å². The third kappa shape index (κ3) is 4.22. The Bertz CT molecular complexity index is 677. The molecule has 2 aromatic carbocycles. The van der Waals surface area contributed by atoms with Crippen LogP contribution in [0.15, 0.2) is 45.3 Å². The lowest BCUT2D eigenvalue weighted by molar-refractivity contribution is 0.0600. The van der Waals surface area contributed by atoms with Crippen LogP contribution in [0.5, 0.6) is 0 Å². The zero-order chi connectivity index (χ0) is 15.4. The van der Waals surface area contributed by atoms with Crippen LogP contribution >= 0.6 is 43.5 Å². The van der Waals surface area contributed by atoms with Crippen LogP contribution in [0.25, 0.3) is 0 Å². The van der Waals surface area contributed by atoms with Crippen LogP contribution in [0, 0.1) is 0 Å². The zero-order valence-electron chi connectivity index (χ0n) is 11.1. The fourth-order valence-electron chi connectivity index (χ4n) is 1.76. The number of hydrogen-bond donors (Lipinski definition) is 1. The highest BCUT2D eigenvalue weighted by Crippen LogP contribution is 2.27. The Morgan fingerprint density at radius 1 is 1.24 bits per heavy atom. The molecule has 0 unspecified atom stereocenters. The van der Waals surface area contributed by atoms with Crippen LogP contribution in [0.3, 0.4) is 0 Å². The van der Waals surface area contributed by atoms with Gasteiger partial charge in [0.25, 0.3) is 0 Å². The molecule has 3 nitrogen and oxygen atoms in total. The molecule has 0 atom stereocenters. The highest BCUT2D eigenvalue weighted by molar-refractivity contribution is 9.10. The molecule has 0 fully saturated rings. The van der Waals surface area contributed by atoms with Crippen molar-refractivity contribution < 1.29 is 9.53 Å². The number of nitrogens with one attached hydrogen (secondary N) is 1. The Morgan fingerprint density at radius 3 is 2.67 bits per heavy atom. The van der Waals surface area contributed by atoms with Gasteiger partial charge >= 0.3 is 5.97 Å². The number of methoxy groups -OCH3 is 1. The first-order chi connectivity index (χ1) is 10.0. The minimum absolute atomic E-state index is 0.356. The molecule has 2 aromatic rings. The van der Waals surface area contributed by atoms with Gasteiger partial charge in [-0.25, -0.2) is 4.79 Å². The van der Waals surface area contributed by atoms with Gasteiger partial charge in [0.15, 0.2) is 0 Å². The fourth-order valence-corrected chi connectivity index (χ4v) is 2.82. The first-order valence-electron chi connectivity index (χ1n) is 6.07. The summed E-state index contributed by atoms with van der Waals surface area (Å²) in [5.41, 5.74) is 2.36. The number of carbonyl (C=O) groups is 1. The topological polar surface area (TPSA) is 38.3 Å². The fraction of sp³-hybridized carbons (Fsp3) is 0.133. The molecule has 21 heavy (non-hydrogen) atoms. The summed E-state index contributed by atoms with van der Waals surface area (Å²) >= 11 is 13.0. The molecule has 0 heterocycles. The Hall–Kier alpha value is -1.04. The summed E-state index contributed by atoms with van der Waals surface area (Å²) in [6.07, 6.45) is 0. The van der Waals surface area contributed by atoms with Crippen molar-refractivity contribution in [2.45, 2.75) is 6.54 Å². The zero-order valence-corrected chi connectivity index (χ0v) is 15.0. The predicted octanol–water partition coefficient (Wildman–Crippen LogP) is 5.26. The van der Waals surface area contributed by atoms with Crippen molar-refractivity contribution in [2.75, 3.05) is 12.4 Å². The molecule has 0 spiro atoms. The van der Waals surface area contributed by atoms with Crippen LogP contribution in [-0.2, 0) is 11.3 Å². The van der Waals surface area contributed by atoms with Gasteiger partial charge < -0.3 is 10.1 Å². The van der Waals surface area contributed by atoms with E-state index in [1.165, 1.54) is 7.11 Å². The lowest BCUT2D eigenvalue weighted by Crippen LogP contribution is -2.04. The molecule has 0 aliphatic heterocycles. The summed E-state index contributed by atoms with van der Waals surface area (Å²) in [6.45, 7) is 0.582. The molecule has 1 N–H and O–H groups in total. The molecule has 0 bridgehead atoms. The molecule has 0 radical (unpaired) electrons. The molecular formula is C15H12Br2ClNO2. The van der Waals surface area contributed by atoms with Crippen molar-refractivity contribution >= 4 is 55.1 Å². The minimum Gasteiger partial charge on any atom is -0.465 e. The number of esters is 1. The van der Waals surface area contributed by atoms with Crippen molar-refractivity contribution in [1.82, 2.24) is 0 Å². The second-order valence-electron chi connectivity index (χ2n) is 4.28. The molecule has 0 aliphatic rings. The lowest BCUT2D eigenvalue weighted by atomic mass is 10.1. The van der Waals surface area contributed by atoms with Crippen LogP contribution < -0.4 is 5.32 Å². The molecule has 0 aromatic heterocycles. The van der Waals surface area contributed by atoms with E-state index in [2.05, 4.69) is 37.2 Å². The maximum absolute atomic E-state index is 11.5. The second-order valence-corrected chi connectivity index (χ2v) is 6.45. The minimum atomic E-state index is -0.356. The van der Waals surface area contributed by atoms with Gasteiger partial charge in [0.1, 0.15) is 0 Å². The van der Waals surface area contributed by atoms with E-state index < -0.39 is 0 Å². The Balaban J connectivity index is 2.13. The number of ether oxygens (including phenoxy) is 1. The molecule has 2 rings (SSSR count). The van der Waals surface area contributed by atoms with Crippen molar-refractivity contribution in [2.24, 2.45) is 0 Å². The standard InChI is InChI=1S/C15H12Br2ClNO2/c1-21-15(20)9-2-3-10(12(17)6-9)8-19-14-7-11(16)4-5-13(14)18/h2-7,19H,8H2,1H3. The van der Waals surface area contributed by atoms with E-state index in [-0.39, 0.29) is 5.97 Å². The lowest BCUT2D eigenvalue weighted by Gasteiger charge is -2.11. The van der Waals surface area contributed by atoms with Crippen LogP contribution in [-0.4, -0.2) is 13.1 Å². The first kappa shape index (κ1) is 16.3. The normalized spacial score (nSPS) is 10.3. The van der Waals surface area contributed by atoms with Gasteiger partial charge in [0.2, 0.25) is 0 Å². The summed E-state index contributed by atoms with van der Waals surface area (Å²) in [7, 11) is 1.36. The maximum Gasteiger partial charge on any atom is 0.337 e. The largest absolute Gasteiger partial charge is 0.465 e. The quantitative estimate of drug-likeness (QED) is 0.668. The highest BCUT2D eigenvalue weighted by atomic mass is 79.9. The summed E-state index contributed by atoms with van der Waals surface area (Å²) in [5.74, 6) is -0.356. The number of hydrogen-bond acceptors (Lipinski definition) is 3. The van der Waals surface area contributed by atoms with Crippen LogP contribution in [0.2, 0.25) is 5.02 Å². The van der Waals surface area contributed by atoms with Crippen molar-refractivity contribution in [3.63, 3.8) is 0 Å². The number of benzene rings is 2. The average molecular weight is 434 g/mol. The summed E-state index contributed by atoms with van der Waals surface area (Å²) in [4.78, 5) is 11.5. The van der Waals surface area contributed by atoms with Crippen LogP contribution in [0.4, 0.5) is 5.69 Å². The van der Waals surface area contributed by atoms with E-state index in [0.29, 0.717) is 17.1 Å². The molecule has 0 aliphatic carbocycles. The smallest absolute Gasteiger partial charge is 0.337 e. The van der Waals surface area contributed by atoms with Crippen molar-refractivity contribution in [1.29, 1.82) is 0 Å². The molecule has 110 valence electrons. The number of halogens is 3. The van der Waals surface area contributed by atoms with Crippen molar-refractivity contribution in [3.8, 4) is 0 Å². The molecule has 0 saturated carbocycles. The van der Waals surface area contributed by atoms with Gasteiger partial charge in [-0.3, -0.25) is 0 Å². The van der Waals surface area contributed by atoms with Gasteiger partial charge in [-0.15, -0.1) is 0 Å². The second kappa shape index (κ2) is 7.29. The molecule has 6 heteroatoms. The summed E-state index contributed by atoms with van der Waals surface area (Å²) < 4.78 is 6.48. The Morgan fingerprint density at radius 2 is 2.00 bits per heavy atom. The summed E-state index contributed by atoms with van der Waals surface area (Å²) in [6, 6.07) is 11.0. The molecule has 0 amide bonds. The van der Waals surface area contributed by atoms with Crippen molar-refractivity contribution in [3.05, 3.63) is 61.5 Å². The van der Waals surface area contributed by atoms with Gasteiger partial charge in [0.05, 0.1) is 23.4 Å². The van der Waals surface area contributed by atoms with Gasteiger partial charge in [-0.05, 0) is 35.9 Å². The maximum atomic E-state index is 11.5. The third-order valence-electron chi connectivity index (χ3n) is 2.87. The van der Waals surface area contributed by atoms with Gasteiger partial charge in [0, 0.05) is 15.5 Å². The van der Waals surface area contributed by atoms with Gasteiger partial charge in [-0.1, -0.05) is 49.5 Å². The average Bonchev–Trinajstić information content (AvgIpc) is 2.48. The SMILES string of the molecule is COC(=O)c1ccc(CNc2cc(Br)ccc2Cl)c(Br)c1. The predicted molar refractivity (Wildman–Crippen MR) is 92.0 cm³/mol. The van der Waals surface area contributed by atoms with E-state index >= 15 is 0 Å². The van der Waals surface area contributed by atoms with Gasteiger partial charge in [-0.2, -0.15) is 0 Å². The first-order valence-corrected chi connectivity index (χ1v) is 8.03. The third-order valence-corrected chi connectivity index (χ3v) is 4.43. The highest BCUT2D eigenvalue weighted by Gasteiger charge is 2.09. The number of rotatable bonds is 4. The van der Waals surface area contributed by atoms with Crippen LogP contribution in [0.1, 0.15) is 15.9 Å². The van der Waals surface area contributed by atoms with E-state index in [0.717, 1.165) is 20.2 Å². The monoisotopic (exact) mass is 431 g/mol. The Kier molecular flexibility index (Phi) is 5.67. The Labute approximate surface area is 144 Å². The van der Waals surface area contributed by atoms with E-state index in [1.807, 2.05) is 24.3 Å². The molecular weight excluding hydrogens is 421 g/mol. The van der Waals surface area contributed by atoms with E-state index in [9.17, 15) is 4.79 Å². The summed E-state index contributed by atoms with van der Waals surface area (Å²) in [5, 5.41) is 3.92. The van der Waals surface area contributed by atoms with E-state index in [4.69, 9.17) is 16.3 Å². The number of carbonyl (C=O) groups excluding carboxylic acids is 1.